The van der Waals surface area contributed by atoms with E-state index < -0.39 is 5.97 Å². The molecule has 2 N–H and O–H groups in total. The van der Waals surface area contributed by atoms with Gasteiger partial charge in [-0.05, 0) is 74.3 Å². The lowest BCUT2D eigenvalue weighted by molar-refractivity contribution is -0.138. The van der Waals surface area contributed by atoms with Crippen molar-refractivity contribution in [1.82, 2.24) is 19.9 Å². The molecule has 0 aliphatic heterocycles. The number of hydrogen-bond acceptors (Lipinski definition) is 4. The Morgan fingerprint density at radius 1 is 0.969 bits per heavy atom. The molecule has 0 spiro atoms. The molecule has 1 saturated carbocycles. The van der Waals surface area contributed by atoms with Crippen LogP contribution in [0.4, 0.5) is 0 Å². The molecule has 0 atom stereocenters. The van der Waals surface area contributed by atoms with Gasteiger partial charge in [0.15, 0.2) is 5.65 Å². The van der Waals surface area contributed by atoms with E-state index >= 15 is 0 Å². The van der Waals surface area contributed by atoms with Crippen LogP contribution in [-0.4, -0.2) is 31.0 Å². The van der Waals surface area contributed by atoms with Crippen LogP contribution in [-0.2, 0) is 4.79 Å². The smallest absolute Gasteiger partial charge is 0.303 e. The first-order valence-electron chi connectivity index (χ1n) is 11.2. The van der Waals surface area contributed by atoms with Crippen molar-refractivity contribution in [2.75, 3.05) is 0 Å². The molecule has 3 heterocycles. The van der Waals surface area contributed by atoms with Gasteiger partial charge in [-0.3, -0.25) is 9.78 Å². The number of aromatic amines is 1. The van der Waals surface area contributed by atoms with Crippen LogP contribution in [0, 0.1) is 12.8 Å². The van der Waals surface area contributed by atoms with Crippen molar-refractivity contribution in [3.05, 3.63) is 66.0 Å². The lowest BCUT2D eigenvalue weighted by Gasteiger charge is -2.28. The van der Waals surface area contributed by atoms with Crippen LogP contribution >= 0.6 is 0 Å². The van der Waals surface area contributed by atoms with Crippen molar-refractivity contribution in [3.63, 3.8) is 0 Å². The highest BCUT2D eigenvalue weighted by molar-refractivity contribution is 5.76. The number of nitrogens with one attached hydrogen (secondary N) is 1. The van der Waals surface area contributed by atoms with Crippen LogP contribution in [0.3, 0.4) is 0 Å². The van der Waals surface area contributed by atoms with Crippen molar-refractivity contribution in [2.24, 2.45) is 5.92 Å². The van der Waals surface area contributed by atoms with Gasteiger partial charge in [0.2, 0.25) is 0 Å². The number of rotatable bonds is 5. The maximum atomic E-state index is 10.9. The first kappa shape index (κ1) is 20.4. The first-order valence-corrected chi connectivity index (χ1v) is 11.2. The maximum Gasteiger partial charge on any atom is 0.303 e. The molecule has 162 valence electrons. The third kappa shape index (κ3) is 4.26. The molecule has 1 aliphatic rings. The van der Waals surface area contributed by atoms with E-state index in [9.17, 15) is 4.79 Å². The standard InChI is InChI=1S/C26H26N4O2/c1-16-2-12-23-26(28-16)30-25(29-23)21-11-13-22(27-15-21)20-9-7-19(8-10-20)18-5-3-17(4-6-18)14-24(31)32/h2,7-13,15,17-18H,3-6,14H2,1H3,(H,31,32)(H,28,29,30). The molecule has 0 saturated heterocycles. The van der Waals surface area contributed by atoms with E-state index in [-0.39, 0.29) is 0 Å². The van der Waals surface area contributed by atoms with Crippen LogP contribution in [0.5, 0.6) is 0 Å². The average molecular weight is 427 g/mol. The van der Waals surface area contributed by atoms with E-state index in [0.29, 0.717) is 18.3 Å². The number of aryl methyl sites for hydroxylation is 1. The average Bonchev–Trinajstić information content (AvgIpc) is 3.23. The van der Waals surface area contributed by atoms with E-state index in [0.717, 1.165) is 65.2 Å². The minimum Gasteiger partial charge on any atom is -0.481 e. The van der Waals surface area contributed by atoms with Gasteiger partial charge in [0.05, 0.1) is 11.2 Å². The summed E-state index contributed by atoms with van der Waals surface area (Å²) >= 11 is 0. The number of carbonyl (C=O) groups is 1. The zero-order chi connectivity index (χ0) is 22.1. The Hall–Kier alpha value is -3.54. The van der Waals surface area contributed by atoms with Crippen molar-refractivity contribution in [1.29, 1.82) is 0 Å². The quantitative estimate of drug-likeness (QED) is 0.424. The number of imidazole rings is 1. The minimum absolute atomic E-state index is 0.303. The number of benzene rings is 1. The van der Waals surface area contributed by atoms with E-state index in [1.807, 2.05) is 37.4 Å². The molecule has 5 rings (SSSR count). The van der Waals surface area contributed by atoms with Gasteiger partial charge in [-0.2, -0.15) is 0 Å². The van der Waals surface area contributed by atoms with Crippen molar-refractivity contribution in [2.45, 2.75) is 44.9 Å². The Bertz CT molecular complexity index is 1240. The highest BCUT2D eigenvalue weighted by Gasteiger charge is 2.24. The number of aromatic nitrogens is 4. The second-order valence-corrected chi connectivity index (χ2v) is 8.78. The van der Waals surface area contributed by atoms with Gasteiger partial charge in [0.25, 0.3) is 0 Å². The fourth-order valence-corrected chi connectivity index (χ4v) is 4.70. The SMILES string of the molecule is Cc1ccc2[nH]c(-c3ccc(-c4ccc(C5CCC(CC(=O)O)CC5)cc4)nc3)nc2n1. The molecule has 0 unspecified atom stereocenters. The zero-order valence-electron chi connectivity index (χ0n) is 18.1. The van der Waals surface area contributed by atoms with Gasteiger partial charge in [-0.15, -0.1) is 0 Å². The Balaban J connectivity index is 1.27. The molecule has 0 radical (unpaired) electrons. The van der Waals surface area contributed by atoms with Crippen LogP contribution in [0.2, 0.25) is 0 Å². The third-order valence-electron chi connectivity index (χ3n) is 6.51. The van der Waals surface area contributed by atoms with E-state index in [1.165, 1.54) is 5.56 Å². The molecular weight excluding hydrogens is 400 g/mol. The molecule has 1 fully saturated rings. The molecule has 0 bridgehead atoms. The first-order chi connectivity index (χ1) is 15.5. The largest absolute Gasteiger partial charge is 0.481 e. The summed E-state index contributed by atoms with van der Waals surface area (Å²) in [6.07, 6.45) is 6.28. The minimum atomic E-state index is -0.677. The molecule has 6 nitrogen and oxygen atoms in total. The molecule has 3 aromatic heterocycles. The lowest BCUT2D eigenvalue weighted by Crippen LogP contribution is -2.16. The molecule has 1 aromatic carbocycles. The van der Waals surface area contributed by atoms with Crippen molar-refractivity contribution < 1.29 is 9.90 Å². The van der Waals surface area contributed by atoms with Gasteiger partial charge >= 0.3 is 5.97 Å². The third-order valence-corrected chi connectivity index (χ3v) is 6.51. The van der Waals surface area contributed by atoms with Crippen molar-refractivity contribution >= 4 is 17.1 Å². The summed E-state index contributed by atoms with van der Waals surface area (Å²) in [5, 5.41) is 9.00. The number of fused-ring (bicyclic) bond motifs is 1. The monoisotopic (exact) mass is 426 g/mol. The predicted octanol–water partition coefficient (Wildman–Crippen LogP) is 5.74. The second kappa shape index (κ2) is 8.54. The number of aliphatic carboxylic acids is 1. The number of carboxylic acids is 1. The number of nitrogens with zero attached hydrogens (tertiary/aromatic N) is 3. The van der Waals surface area contributed by atoms with Crippen LogP contribution < -0.4 is 0 Å². The van der Waals surface area contributed by atoms with Gasteiger partial charge in [-0.1, -0.05) is 24.3 Å². The summed E-state index contributed by atoms with van der Waals surface area (Å²) < 4.78 is 0. The van der Waals surface area contributed by atoms with Crippen LogP contribution in [0.15, 0.2) is 54.7 Å². The number of H-pyrrole nitrogens is 1. The molecule has 6 heteroatoms. The molecule has 32 heavy (non-hydrogen) atoms. The summed E-state index contributed by atoms with van der Waals surface area (Å²) in [6, 6.07) is 16.7. The number of pyridine rings is 2. The summed E-state index contributed by atoms with van der Waals surface area (Å²) in [7, 11) is 0. The van der Waals surface area contributed by atoms with Crippen molar-refractivity contribution in [3.8, 4) is 22.6 Å². The summed E-state index contributed by atoms with van der Waals surface area (Å²) in [4.78, 5) is 28.0. The Morgan fingerprint density at radius 2 is 1.72 bits per heavy atom. The van der Waals surface area contributed by atoms with E-state index in [2.05, 4.69) is 44.2 Å². The number of carboxylic acid groups (broad SMARTS) is 1. The topological polar surface area (TPSA) is 91.8 Å². The Labute approximate surface area is 186 Å². The lowest BCUT2D eigenvalue weighted by atomic mass is 9.77. The number of hydrogen-bond donors (Lipinski definition) is 2. The predicted molar refractivity (Wildman–Crippen MR) is 124 cm³/mol. The Morgan fingerprint density at radius 3 is 2.41 bits per heavy atom. The molecule has 1 aliphatic carbocycles. The van der Waals surface area contributed by atoms with Gasteiger partial charge in [-0.25, -0.2) is 9.97 Å². The van der Waals surface area contributed by atoms with Crippen LogP contribution in [0.1, 0.15) is 49.3 Å². The fraction of sp³-hybridized carbons (Fsp3) is 0.308. The normalized spacial score (nSPS) is 18.7. The summed E-state index contributed by atoms with van der Waals surface area (Å²) in [5.41, 5.74) is 6.86. The van der Waals surface area contributed by atoms with Gasteiger partial charge < -0.3 is 10.1 Å². The summed E-state index contributed by atoms with van der Waals surface area (Å²) in [6.45, 7) is 1.96. The van der Waals surface area contributed by atoms with Gasteiger partial charge in [0.1, 0.15) is 5.82 Å². The molecule has 4 aromatic rings. The Kier molecular flexibility index (Phi) is 5.43. The molecule has 0 amide bonds. The van der Waals surface area contributed by atoms with E-state index in [1.54, 1.807) is 0 Å². The summed E-state index contributed by atoms with van der Waals surface area (Å²) in [5.74, 6) is 0.946. The highest BCUT2D eigenvalue weighted by atomic mass is 16.4. The van der Waals surface area contributed by atoms with Crippen LogP contribution in [0.25, 0.3) is 33.8 Å². The molecular formula is C26H26N4O2. The van der Waals surface area contributed by atoms with Gasteiger partial charge in [0, 0.05) is 29.4 Å². The highest BCUT2D eigenvalue weighted by Crippen LogP contribution is 2.37. The maximum absolute atomic E-state index is 10.9. The zero-order valence-corrected chi connectivity index (χ0v) is 18.1. The van der Waals surface area contributed by atoms with E-state index in [4.69, 9.17) is 5.11 Å². The second-order valence-electron chi connectivity index (χ2n) is 8.78. The fourth-order valence-electron chi connectivity index (χ4n) is 4.70.